The normalized spacial score (nSPS) is 15.9. The second-order valence-corrected chi connectivity index (χ2v) is 6.96. The number of nitrogens with one attached hydrogen (secondary N) is 1. The Kier molecular flexibility index (Phi) is 6.77. The molecule has 0 radical (unpaired) electrons. The molecule has 2 aromatic rings. The van der Waals surface area contributed by atoms with Gasteiger partial charge in [-0.2, -0.15) is 4.98 Å². The maximum atomic E-state index is 12.2. The van der Waals surface area contributed by atoms with Crippen LogP contribution in [0.25, 0.3) is 0 Å². The molecular weight excluding hydrogens is 328 g/mol. The lowest BCUT2D eigenvalue weighted by Gasteiger charge is -2.31. The first-order valence-electron chi connectivity index (χ1n) is 9.60. The number of carbonyl (C=O) groups is 1. The van der Waals surface area contributed by atoms with Crippen LogP contribution in [0.3, 0.4) is 0 Å². The Morgan fingerprint density at radius 2 is 2.00 bits per heavy atom. The van der Waals surface area contributed by atoms with Crippen LogP contribution in [0.4, 0.5) is 0 Å². The van der Waals surface area contributed by atoms with Crippen molar-refractivity contribution in [1.82, 2.24) is 20.4 Å². The van der Waals surface area contributed by atoms with Crippen molar-refractivity contribution in [1.29, 1.82) is 0 Å². The van der Waals surface area contributed by atoms with Gasteiger partial charge in [0.05, 0.1) is 6.54 Å². The summed E-state index contributed by atoms with van der Waals surface area (Å²) in [5.74, 6) is 1.63. The lowest BCUT2D eigenvalue weighted by molar-refractivity contribution is -0.122. The average Bonchev–Trinajstić information content (AvgIpc) is 3.10. The molecule has 1 aromatic heterocycles. The largest absolute Gasteiger partial charge is 0.353 e. The first kappa shape index (κ1) is 18.6. The molecule has 0 aliphatic carbocycles. The third-order valence-corrected chi connectivity index (χ3v) is 4.78. The van der Waals surface area contributed by atoms with E-state index in [1.165, 1.54) is 5.56 Å². The zero-order valence-electron chi connectivity index (χ0n) is 15.5. The fraction of sp³-hybridized carbons (Fsp3) is 0.550. The summed E-state index contributed by atoms with van der Waals surface area (Å²) in [7, 11) is 0. The van der Waals surface area contributed by atoms with Gasteiger partial charge in [0.2, 0.25) is 11.8 Å². The highest BCUT2D eigenvalue weighted by atomic mass is 16.5. The summed E-state index contributed by atoms with van der Waals surface area (Å²) in [6.45, 7) is 4.69. The van der Waals surface area contributed by atoms with Crippen LogP contribution in [0, 0.1) is 0 Å². The molecule has 1 fully saturated rings. The van der Waals surface area contributed by atoms with Crippen molar-refractivity contribution in [2.24, 2.45) is 0 Å². The summed E-state index contributed by atoms with van der Waals surface area (Å²) in [5, 5.41) is 7.18. The maximum absolute atomic E-state index is 12.2. The van der Waals surface area contributed by atoms with E-state index in [0.29, 0.717) is 18.9 Å². The molecule has 1 aromatic carbocycles. The molecule has 0 spiro atoms. The minimum Gasteiger partial charge on any atom is -0.353 e. The summed E-state index contributed by atoms with van der Waals surface area (Å²) in [6.07, 6.45) is 5.16. The van der Waals surface area contributed by atoms with Crippen molar-refractivity contribution < 1.29 is 9.32 Å². The molecule has 0 bridgehead atoms. The molecule has 0 saturated carbocycles. The number of aromatic nitrogens is 2. The first-order valence-corrected chi connectivity index (χ1v) is 9.60. The third-order valence-electron chi connectivity index (χ3n) is 4.78. The summed E-state index contributed by atoms with van der Waals surface area (Å²) in [6, 6.07) is 10.4. The molecule has 2 heterocycles. The number of nitrogens with zero attached hydrogens (tertiary/aromatic N) is 3. The predicted molar refractivity (Wildman–Crippen MR) is 99.5 cm³/mol. The Hall–Kier alpha value is -2.21. The highest BCUT2D eigenvalue weighted by Gasteiger charge is 2.22. The lowest BCUT2D eigenvalue weighted by atomic mass is 10.0. The highest BCUT2D eigenvalue weighted by molar-refractivity contribution is 5.76. The van der Waals surface area contributed by atoms with Gasteiger partial charge in [-0.25, -0.2) is 0 Å². The lowest BCUT2D eigenvalue weighted by Crippen LogP contribution is -2.44. The molecule has 1 N–H and O–H groups in total. The van der Waals surface area contributed by atoms with E-state index < -0.39 is 0 Å². The van der Waals surface area contributed by atoms with Gasteiger partial charge in [-0.3, -0.25) is 9.69 Å². The van der Waals surface area contributed by atoms with Crippen LogP contribution in [0.5, 0.6) is 0 Å². The Morgan fingerprint density at radius 3 is 2.73 bits per heavy atom. The van der Waals surface area contributed by atoms with E-state index in [1.54, 1.807) is 0 Å². The second-order valence-electron chi connectivity index (χ2n) is 6.96. The topological polar surface area (TPSA) is 71.3 Å². The fourth-order valence-electron chi connectivity index (χ4n) is 3.31. The van der Waals surface area contributed by atoms with Gasteiger partial charge in [0.15, 0.2) is 5.82 Å². The van der Waals surface area contributed by atoms with Crippen molar-refractivity contribution in [3.05, 3.63) is 47.6 Å². The predicted octanol–water partition coefficient (Wildman–Crippen LogP) is 2.74. The quantitative estimate of drug-likeness (QED) is 0.787. The number of aryl methyl sites for hydroxylation is 2. The highest BCUT2D eigenvalue weighted by Crippen LogP contribution is 2.14. The summed E-state index contributed by atoms with van der Waals surface area (Å²) in [4.78, 5) is 18.9. The zero-order valence-corrected chi connectivity index (χ0v) is 15.5. The molecule has 1 aliphatic heterocycles. The molecule has 0 atom stereocenters. The Morgan fingerprint density at radius 1 is 1.23 bits per heavy atom. The van der Waals surface area contributed by atoms with Crippen LogP contribution in [0.1, 0.15) is 49.9 Å². The van der Waals surface area contributed by atoms with Gasteiger partial charge in [0, 0.05) is 32.0 Å². The number of hydrogen-bond acceptors (Lipinski definition) is 5. The summed E-state index contributed by atoms with van der Waals surface area (Å²) in [5.41, 5.74) is 1.21. The summed E-state index contributed by atoms with van der Waals surface area (Å²) < 4.78 is 5.31. The van der Waals surface area contributed by atoms with Crippen LogP contribution in [0.15, 0.2) is 34.9 Å². The number of carbonyl (C=O) groups excluding carboxylic acids is 1. The first-order chi connectivity index (χ1) is 12.7. The molecule has 3 rings (SSSR count). The van der Waals surface area contributed by atoms with E-state index in [9.17, 15) is 4.79 Å². The van der Waals surface area contributed by atoms with Crippen LogP contribution < -0.4 is 5.32 Å². The van der Waals surface area contributed by atoms with E-state index >= 15 is 0 Å². The van der Waals surface area contributed by atoms with Gasteiger partial charge in [0.25, 0.3) is 0 Å². The third kappa shape index (κ3) is 5.66. The van der Waals surface area contributed by atoms with Crippen molar-refractivity contribution in [3.63, 3.8) is 0 Å². The van der Waals surface area contributed by atoms with Crippen LogP contribution in [0.2, 0.25) is 0 Å². The molecule has 1 amide bonds. The standard InChI is InChI=1S/C20H28N4O2/c1-2-6-18-22-20(26-23-18)15-24-13-11-17(12-14-24)21-19(25)10-9-16-7-4-3-5-8-16/h3-5,7-8,17H,2,6,9-15H2,1H3,(H,21,25). The van der Waals surface area contributed by atoms with Gasteiger partial charge in [-0.15, -0.1) is 0 Å². The minimum absolute atomic E-state index is 0.147. The van der Waals surface area contributed by atoms with Gasteiger partial charge < -0.3 is 9.84 Å². The van der Waals surface area contributed by atoms with Gasteiger partial charge in [0.1, 0.15) is 0 Å². The van der Waals surface area contributed by atoms with Gasteiger partial charge in [-0.1, -0.05) is 42.4 Å². The molecular formula is C20H28N4O2. The Bertz CT molecular complexity index is 678. The van der Waals surface area contributed by atoms with Crippen LogP contribution in [-0.4, -0.2) is 40.1 Å². The maximum Gasteiger partial charge on any atom is 0.240 e. The fourth-order valence-corrected chi connectivity index (χ4v) is 3.31. The Labute approximate surface area is 155 Å². The molecule has 0 unspecified atom stereocenters. The number of rotatable bonds is 8. The van der Waals surface area contributed by atoms with Crippen molar-refractivity contribution in [2.75, 3.05) is 13.1 Å². The van der Waals surface area contributed by atoms with E-state index in [4.69, 9.17) is 4.52 Å². The number of likely N-dealkylation sites (tertiary alicyclic amines) is 1. The van der Waals surface area contributed by atoms with Crippen molar-refractivity contribution >= 4 is 5.91 Å². The molecule has 1 aliphatic rings. The number of amides is 1. The van der Waals surface area contributed by atoms with Crippen molar-refractivity contribution in [3.8, 4) is 0 Å². The summed E-state index contributed by atoms with van der Waals surface area (Å²) >= 11 is 0. The zero-order chi connectivity index (χ0) is 18.2. The second kappa shape index (κ2) is 9.48. The van der Waals surface area contributed by atoms with Gasteiger partial charge in [-0.05, 0) is 31.2 Å². The Balaban J connectivity index is 1.35. The minimum atomic E-state index is 0.147. The molecule has 6 nitrogen and oxygen atoms in total. The molecule has 26 heavy (non-hydrogen) atoms. The monoisotopic (exact) mass is 356 g/mol. The number of piperidine rings is 1. The molecule has 1 saturated heterocycles. The van der Waals surface area contributed by atoms with E-state index in [2.05, 4.69) is 39.4 Å². The average molecular weight is 356 g/mol. The van der Waals surface area contributed by atoms with Crippen LogP contribution >= 0.6 is 0 Å². The van der Waals surface area contributed by atoms with Gasteiger partial charge >= 0.3 is 0 Å². The SMILES string of the molecule is CCCc1noc(CN2CCC(NC(=O)CCc3ccccc3)CC2)n1. The number of hydrogen-bond donors (Lipinski definition) is 1. The van der Waals surface area contributed by atoms with Crippen molar-refractivity contribution in [2.45, 2.75) is 58.0 Å². The molecule has 6 heteroatoms. The van der Waals surface area contributed by atoms with Crippen LogP contribution in [-0.2, 0) is 24.2 Å². The number of benzene rings is 1. The van der Waals surface area contributed by atoms with E-state index in [0.717, 1.165) is 51.0 Å². The molecule has 140 valence electrons. The van der Waals surface area contributed by atoms with E-state index in [1.807, 2.05) is 18.2 Å². The van der Waals surface area contributed by atoms with E-state index in [-0.39, 0.29) is 11.9 Å². The smallest absolute Gasteiger partial charge is 0.240 e.